The molecule has 0 bridgehead atoms. The van der Waals surface area contributed by atoms with E-state index < -0.39 is 18.2 Å². The minimum atomic E-state index is -0.623. The monoisotopic (exact) mass is 376 g/mol. The lowest BCUT2D eigenvalue weighted by Crippen LogP contribution is -2.63. The van der Waals surface area contributed by atoms with Crippen molar-refractivity contribution in [2.75, 3.05) is 19.4 Å². The molecule has 26 heavy (non-hydrogen) atoms. The van der Waals surface area contributed by atoms with Gasteiger partial charge in [0.05, 0.1) is 12.4 Å². The van der Waals surface area contributed by atoms with Crippen molar-refractivity contribution in [2.45, 2.75) is 25.7 Å². The Morgan fingerprint density at radius 1 is 1.31 bits per heavy atom. The van der Waals surface area contributed by atoms with Crippen molar-refractivity contribution in [1.82, 2.24) is 15.1 Å². The number of rotatable bonds is 5. The highest BCUT2D eigenvalue weighted by molar-refractivity contribution is 8.14. The first-order valence-corrected chi connectivity index (χ1v) is 9.24. The second kappa shape index (κ2) is 7.77. The summed E-state index contributed by atoms with van der Waals surface area (Å²) in [7, 11) is 1.60. The van der Waals surface area contributed by atoms with Crippen molar-refractivity contribution in [2.24, 2.45) is 4.99 Å². The lowest BCUT2D eigenvalue weighted by atomic mass is 10.1. The number of imide groups is 1. The Balaban J connectivity index is 1.83. The van der Waals surface area contributed by atoms with Gasteiger partial charge in [0.2, 0.25) is 0 Å². The van der Waals surface area contributed by atoms with E-state index in [0.717, 1.165) is 5.56 Å². The number of hydrogen-bond acceptors (Lipinski definition) is 7. The fourth-order valence-electron chi connectivity index (χ4n) is 2.89. The molecule has 8 nitrogen and oxygen atoms in total. The number of nitrogens with zero attached hydrogens (tertiary/aromatic N) is 3. The Hall–Kier alpha value is -2.55. The molecule has 2 aliphatic heterocycles. The third kappa shape index (κ3) is 3.67. The maximum Gasteiger partial charge on any atom is 0.325 e. The number of ether oxygens (including phenoxy) is 1. The van der Waals surface area contributed by atoms with Crippen LogP contribution in [-0.2, 0) is 20.9 Å². The fraction of sp³-hybridized carbons (Fsp3) is 0.412. The van der Waals surface area contributed by atoms with Crippen LogP contribution in [0, 0.1) is 0 Å². The largest absolute Gasteiger partial charge is 0.465 e. The van der Waals surface area contributed by atoms with Crippen LogP contribution in [0.1, 0.15) is 12.5 Å². The Bertz CT molecular complexity index is 740. The highest BCUT2D eigenvalue weighted by Gasteiger charge is 2.48. The number of aliphatic imine (C=N–C) groups is 1. The number of carbonyl (C=O) groups excluding carboxylic acids is 3. The van der Waals surface area contributed by atoms with Gasteiger partial charge < -0.3 is 14.5 Å². The molecule has 1 aromatic rings. The molecule has 1 fully saturated rings. The number of thioether (sulfide) groups is 1. The van der Waals surface area contributed by atoms with Crippen LogP contribution < -0.4 is 5.32 Å². The van der Waals surface area contributed by atoms with Gasteiger partial charge in [-0.05, 0) is 12.5 Å². The Labute approximate surface area is 155 Å². The average molecular weight is 376 g/mol. The van der Waals surface area contributed by atoms with E-state index in [1.807, 2.05) is 35.2 Å². The van der Waals surface area contributed by atoms with Crippen LogP contribution in [0.15, 0.2) is 35.3 Å². The number of fused-ring (bicyclic) bond motifs is 1. The zero-order valence-electron chi connectivity index (χ0n) is 14.5. The Kier molecular flexibility index (Phi) is 5.46. The van der Waals surface area contributed by atoms with E-state index in [4.69, 9.17) is 4.74 Å². The molecule has 9 heteroatoms. The molecule has 1 saturated heterocycles. The van der Waals surface area contributed by atoms with Gasteiger partial charge in [-0.1, -0.05) is 42.1 Å². The number of hydrogen-bond donors (Lipinski definition) is 1. The van der Waals surface area contributed by atoms with Gasteiger partial charge >= 0.3 is 12.0 Å². The lowest BCUT2D eigenvalue weighted by Gasteiger charge is -2.36. The van der Waals surface area contributed by atoms with Crippen molar-refractivity contribution < 1.29 is 19.1 Å². The highest BCUT2D eigenvalue weighted by atomic mass is 32.2. The molecule has 0 aromatic heterocycles. The molecule has 1 N–H and O–H groups in total. The fourth-order valence-corrected chi connectivity index (χ4v) is 3.75. The van der Waals surface area contributed by atoms with Crippen LogP contribution in [0.25, 0.3) is 0 Å². The number of amides is 3. The third-order valence-electron chi connectivity index (χ3n) is 4.14. The second-order valence-electron chi connectivity index (χ2n) is 5.88. The SMILES string of the molecule is CCOC(=O)CSC1=NC2C(C(=O)NC(=O)N2C)N1Cc1ccccc1. The van der Waals surface area contributed by atoms with Crippen molar-refractivity contribution in [3.05, 3.63) is 35.9 Å². The molecular weight excluding hydrogens is 356 g/mol. The number of nitrogens with one attached hydrogen (secondary N) is 1. The number of amidine groups is 1. The van der Waals surface area contributed by atoms with Crippen LogP contribution in [0.4, 0.5) is 4.79 Å². The summed E-state index contributed by atoms with van der Waals surface area (Å²) >= 11 is 1.21. The normalized spacial score (nSPS) is 22.0. The van der Waals surface area contributed by atoms with Crippen molar-refractivity contribution in [3.8, 4) is 0 Å². The number of urea groups is 1. The van der Waals surface area contributed by atoms with Crippen LogP contribution in [0.2, 0.25) is 0 Å². The summed E-state index contributed by atoms with van der Waals surface area (Å²) in [5.41, 5.74) is 1.00. The zero-order valence-corrected chi connectivity index (χ0v) is 15.4. The average Bonchev–Trinajstić information content (AvgIpc) is 2.98. The molecule has 0 radical (unpaired) electrons. The van der Waals surface area contributed by atoms with Crippen molar-refractivity contribution in [3.63, 3.8) is 0 Å². The van der Waals surface area contributed by atoms with Gasteiger partial charge in [0, 0.05) is 13.6 Å². The van der Waals surface area contributed by atoms with Gasteiger partial charge in [0.1, 0.15) is 0 Å². The number of esters is 1. The summed E-state index contributed by atoms with van der Waals surface area (Å²) in [6, 6.07) is 8.57. The van der Waals surface area contributed by atoms with Crippen LogP contribution >= 0.6 is 11.8 Å². The first-order valence-electron chi connectivity index (χ1n) is 8.25. The molecule has 2 unspecified atom stereocenters. The summed E-state index contributed by atoms with van der Waals surface area (Å²) < 4.78 is 4.96. The first kappa shape index (κ1) is 18.2. The number of carbonyl (C=O) groups is 3. The van der Waals surface area contributed by atoms with E-state index in [-0.39, 0.29) is 17.6 Å². The molecule has 0 saturated carbocycles. The molecule has 2 atom stereocenters. The quantitative estimate of drug-likeness (QED) is 0.772. The smallest absolute Gasteiger partial charge is 0.325 e. The Morgan fingerprint density at radius 2 is 2.04 bits per heavy atom. The van der Waals surface area contributed by atoms with E-state index in [0.29, 0.717) is 18.3 Å². The summed E-state index contributed by atoms with van der Waals surface area (Å²) in [6.07, 6.45) is -0.607. The van der Waals surface area contributed by atoms with Crippen LogP contribution in [-0.4, -0.2) is 64.5 Å². The summed E-state index contributed by atoms with van der Waals surface area (Å²) in [5.74, 6) is -0.635. The molecule has 0 spiro atoms. The van der Waals surface area contributed by atoms with Gasteiger partial charge in [-0.15, -0.1) is 0 Å². The van der Waals surface area contributed by atoms with Gasteiger partial charge in [-0.25, -0.2) is 9.79 Å². The maximum atomic E-state index is 12.4. The summed E-state index contributed by atoms with van der Waals surface area (Å²) in [5, 5.41) is 2.90. The zero-order chi connectivity index (χ0) is 18.7. The predicted molar refractivity (Wildman–Crippen MR) is 97.4 cm³/mol. The van der Waals surface area contributed by atoms with Crippen LogP contribution in [0.3, 0.4) is 0 Å². The van der Waals surface area contributed by atoms with Gasteiger partial charge in [0.25, 0.3) is 5.91 Å². The minimum absolute atomic E-state index is 0.0939. The Morgan fingerprint density at radius 3 is 2.73 bits per heavy atom. The van der Waals surface area contributed by atoms with E-state index in [1.165, 1.54) is 16.7 Å². The molecule has 138 valence electrons. The van der Waals surface area contributed by atoms with E-state index in [1.54, 1.807) is 14.0 Å². The van der Waals surface area contributed by atoms with E-state index in [9.17, 15) is 14.4 Å². The predicted octanol–water partition coefficient (Wildman–Crippen LogP) is 1.03. The lowest BCUT2D eigenvalue weighted by molar-refractivity contribution is -0.139. The number of likely N-dealkylation sites (N-methyl/N-ethyl adjacent to an activating group) is 1. The van der Waals surface area contributed by atoms with Gasteiger partial charge in [-0.3, -0.25) is 14.9 Å². The molecule has 1 aromatic carbocycles. The molecule has 2 aliphatic rings. The second-order valence-corrected chi connectivity index (χ2v) is 6.83. The standard InChI is InChI=1S/C17H20N4O4S/c1-3-25-12(22)10-26-17-18-14-13(15(23)19-16(24)20(14)2)21(17)9-11-7-5-4-6-8-11/h4-8,13-14H,3,9-10H2,1-2H3,(H,19,23,24). The first-order chi connectivity index (χ1) is 12.5. The highest BCUT2D eigenvalue weighted by Crippen LogP contribution is 2.30. The van der Waals surface area contributed by atoms with E-state index in [2.05, 4.69) is 10.3 Å². The van der Waals surface area contributed by atoms with Gasteiger partial charge in [0.15, 0.2) is 17.4 Å². The molecule has 3 amide bonds. The topological polar surface area (TPSA) is 91.3 Å². The third-order valence-corrected chi connectivity index (χ3v) is 5.12. The van der Waals surface area contributed by atoms with Gasteiger partial charge in [-0.2, -0.15) is 0 Å². The van der Waals surface area contributed by atoms with Crippen molar-refractivity contribution in [1.29, 1.82) is 0 Å². The maximum absolute atomic E-state index is 12.4. The molecule has 0 aliphatic carbocycles. The summed E-state index contributed by atoms with van der Waals surface area (Å²) in [6.45, 7) is 2.51. The van der Waals surface area contributed by atoms with Crippen LogP contribution in [0.5, 0.6) is 0 Å². The number of benzene rings is 1. The summed E-state index contributed by atoms with van der Waals surface area (Å²) in [4.78, 5) is 43.8. The molecule has 2 heterocycles. The minimum Gasteiger partial charge on any atom is -0.465 e. The van der Waals surface area contributed by atoms with E-state index >= 15 is 0 Å². The molecular formula is C17H20N4O4S. The van der Waals surface area contributed by atoms with Crippen molar-refractivity contribution >= 4 is 34.8 Å². The molecule has 3 rings (SSSR count).